The molecular weight excluding hydrogens is 296 g/mol. The van der Waals surface area contributed by atoms with E-state index in [0.717, 1.165) is 29.7 Å². The van der Waals surface area contributed by atoms with Crippen LogP contribution in [0.15, 0.2) is 29.9 Å². The highest BCUT2D eigenvalue weighted by molar-refractivity contribution is 7.10. The number of thiophene rings is 1. The Labute approximate surface area is 134 Å². The lowest BCUT2D eigenvalue weighted by Crippen LogP contribution is -2.33. The van der Waals surface area contributed by atoms with E-state index < -0.39 is 0 Å². The molecule has 0 unspecified atom stereocenters. The number of piperidine rings is 1. The number of hydrogen-bond donors (Lipinski definition) is 1. The van der Waals surface area contributed by atoms with E-state index in [4.69, 9.17) is 0 Å². The van der Waals surface area contributed by atoms with Crippen LogP contribution in [0.4, 0.5) is 11.6 Å². The van der Waals surface area contributed by atoms with Crippen LogP contribution in [0.3, 0.4) is 0 Å². The third kappa shape index (κ3) is 3.82. The van der Waals surface area contributed by atoms with Crippen LogP contribution in [0.5, 0.6) is 0 Å². The number of nitrogens with zero attached hydrogens (tertiary/aromatic N) is 3. The van der Waals surface area contributed by atoms with Gasteiger partial charge in [-0.25, -0.2) is 9.97 Å². The zero-order valence-electron chi connectivity index (χ0n) is 12.7. The zero-order chi connectivity index (χ0) is 15.4. The van der Waals surface area contributed by atoms with Crippen molar-refractivity contribution >= 4 is 28.9 Å². The number of carbonyl (C=O) groups excluding carboxylic acids is 1. The number of amides is 1. The van der Waals surface area contributed by atoms with Crippen molar-refractivity contribution in [1.82, 2.24) is 9.97 Å². The molecule has 6 heteroatoms. The average Bonchev–Trinajstić information content (AvgIpc) is 3.01. The van der Waals surface area contributed by atoms with Gasteiger partial charge in [-0.2, -0.15) is 0 Å². The zero-order valence-corrected chi connectivity index (χ0v) is 13.5. The Balaban J connectivity index is 1.62. The fourth-order valence-corrected chi connectivity index (χ4v) is 3.29. The predicted molar refractivity (Wildman–Crippen MR) is 89.3 cm³/mol. The molecule has 0 spiro atoms. The van der Waals surface area contributed by atoms with Gasteiger partial charge in [0.1, 0.15) is 18.0 Å². The minimum absolute atomic E-state index is 0.0423. The van der Waals surface area contributed by atoms with Crippen LogP contribution in [0.1, 0.15) is 24.6 Å². The summed E-state index contributed by atoms with van der Waals surface area (Å²) in [6.07, 6.45) is 4.28. The number of carbonyl (C=O) groups is 1. The molecule has 0 atom stereocenters. The fourth-order valence-electron chi connectivity index (χ4n) is 2.58. The molecule has 0 aliphatic carbocycles. The van der Waals surface area contributed by atoms with Crippen LogP contribution in [0.2, 0.25) is 0 Å². The molecule has 1 aliphatic rings. The van der Waals surface area contributed by atoms with Crippen molar-refractivity contribution in [1.29, 1.82) is 0 Å². The first-order valence-electron chi connectivity index (χ1n) is 7.60. The van der Waals surface area contributed by atoms with Gasteiger partial charge in [-0.1, -0.05) is 13.0 Å². The molecule has 1 N–H and O–H groups in total. The third-order valence-corrected chi connectivity index (χ3v) is 4.82. The van der Waals surface area contributed by atoms with Crippen LogP contribution in [0.25, 0.3) is 0 Å². The standard InChI is InChI=1S/C16H20N4OS/c1-12-4-6-20(7-5-12)15-10-14(17-11-18-15)19-16(21)9-13-3-2-8-22-13/h2-3,8,10-12H,4-7,9H2,1H3,(H,17,18,19,21). The van der Waals surface area contributed by atoms with Crippen LogP contribution in [-0.2, 0) is 11.2 Å². The quantitative estimate of drug-likeness (QED) is 0.942. The highest BCUT2D eigenvalue weighted by Gasteiger charge is 2.17. The molecule has 22 heavy (non-hydrogen) atoms. The molecule has 1 amide bonds. The monoisotopic (exact) mass is 316 g/mol. The van der Waals surface area contributed by atoms with Crippen LogP contribution in [0, 0.1) is 5.92 Å². The molecule has 3 rings (SSSR count). The van der Waals surface area contributed by atoms with Crippen molar-refractivity contribution in [3.05, 3.63) is 34.8 Å². The van der Waals surface area contributed by atoms with Crippen LogP contribution < -0.4 is 10.2 Å². The van der Waals surface area contributed by atoms with Crippen molar-refractivity contribution in [3.8, 4) is 0 Å². The minimum Gasteiger partial charge on any atom is -0.356 e. The number of nitrogens with one attached hydrogen (secondary N) is 1. The molecule has 116 valence electrons. The lowest BCUT2D eigenvalue weighted by Gasteiger charge is -2.31. The summed E-state index contributed by atoms with van der Waals surface area (Å²) in [5.74, 6) is 2.21. The van der Waals surface area contributed by atoms with Crippen LogP contribution >= 0.6 is 11.3 Å². The summed E-state index contributed by atoms with van der Waals surface area (Å²) < 4.78 is 0. The molecule has 1 aliphatic heterocycles. The number of hydrogen-bond acceptors (Lipinski definition) is 5. The van der Waals surface area contributed by atoms with Gasteiger partial charge in [0.25, 0.3) is 0 Å². The summed E-state index contributed by atoms with van der Waals surface area (Å²) in [6.45, 7) is 4.31. The van der Waals surface area contributed by atoms with Gasteiger partial charge in [-0.15, -0.1) is 11.3 Å². The van der Waals surface area contributed by atoms with E-state index in [-0.39, 0.29) is 5.91 Å². The van der Waals surface area contributed by atoms with Gasteiger partial charge >= 0.3 is 0 Å². The highest BCUT2D eigenvalue weighted by atomic mass is 32.1. The molecule has 2 aromatic rings. The van der Waals surface area contributed by atoms with E-state index in [2.05, 4.69) is 27.1 Å². The van der Waals surface area contributed by atoms with E-state index in [0.29, 0.717) is 12.2 Å². The van der Waals surface area contributed by atoms with Crippen molar-refractivity contribution in [3.63, 3.8) is 0 Å². The lowest BCUT2D eigenvalue weighted by atomic mass is 9.99. The minimum atomic E-state index is -0.0423. The number of aromatic nitrogens is 2. The first-order valence-corrected chi connectivity index (χ1v) is 8.48. The summed E-state index contributed by atoms with van der Waals surface area (Å²) in [5, 5.41) is 4.83. The largest absolute Gasteiger partial charge is 0.356 e. The Morgan fingerprint density at radius 2 is 2.23 bits per heavy atom. The maximum Gasteiger partial charge on any atom is 0.230 e. The molecule has 0 radical (unpaired) electrons. The molecule has 0 saturated carbocycles. The topological polar surface area (TPSA) is 58.1 Å². The summed E-state index contributed by atoms with van der Waals surface area (Å²) in [6, 6.07) is 5.78. The molecule has 1 fully saturated rings. The first-order chi connectivity index (χ1) is 10.7. The lowest BCUT2D eigenvalue weighted by molar-refractivity contribution is -0.115. The number of rotatable bonds is 4. The Morgan fingerprint density at radius 3 is 2.95 bits per heavy atom. The second kappa shape index (κ2) is 6.87. The maximum absolute atomic E-state index is 12.0. The molecule has 2 aromatic heterocycles. The van der Waals surface area contributed by atoms with Crippen molar-refractivity contribution in [2.75, 3.05) is 23.3 Å². The van der Waals surface area contributed by atoms with Gasteiger partial charge in [0, 0.05) is 24.0 Å². The third-order valence-electron chi connectivity index (χ3n) is 3.94. The van der Waals surface area contributed by atoms with Gasteiger partial charge in [-0.05, 0) is 30.2 Å². The summed E-state index contributed by atoms with van der Waals surface area (Å²) in [5.41, 5.74) is 0. The van der Waals surface area contributed by atoms with E-state index in [1.165, 1.54) is 19.2 Å². The van der Waals surface area contributed by atoms with Gasteiger partial charge in [0.15, 0.2) is 0 Å². The second-order valence-electron chi connectivity index (χ2n) is 5.74. The predicted octanol–water partition coefficient (Wildman–Crippen LogP) is 2.96. The van der Waals surface area contributed by atoms with E-state index in [9.17, 15) is 4.79 Å². The molecular formula is C16H20N4OS. The molecule has 0 bridgehead atoms. The first kappa shape index (κ1) is 15.0. The number of anilines is 2. The average molecular weight is 316 g/mol. The van der Waals surface area contributed by atoms with E-state index >= 15 is 0 Å². The normalized spacial score (nSPS) is 15.8. The van der Waals surface area contributed by atoms with Gasteiger partial charge in [0.2, 0.25) is 5.91 Å². The highest BCUT2D eigenvalue weighted by Crippen LogP contribution is 2.22. The summed E-state index contributed by atoms with van der Waals surface area (Å²) in [7, 11) is 0. The van der Waals surface area contributed by atoms with Crippen molar-refractivity contribution < 1.29 is 4.79 Å². The maximum atomic E-state index is 12.0. The Hall–Kier alpha value is -1.95. The summed E-state index contributed by atoms with van der Waals surface area (Å²) in [4.78, 5) is 23.8. The SMILES string of the molecule is CC1CCN(c2cc(NC(=O)Cc3cccs3)ncn2)CC1. The fraction of sp³-hybridized carbons (Fsp3) is 0.438. The Bertz CT molecular complexity index is 621. The molecule has 5 nitrogen and oxygen atoms in total. The molecule has 0 aromatic carbocycles. The second-order valence-corrected chi connectivity index (χ2v) is 6.77. The van der Waals surface area contributed by atoms with Gasteiger partial charge < -0.3 is 10.2 Å². The van der Waals surface area contributed by atoms with Crippen molar-refractivity contribution in [2.45, 2.75) is 26.2 Å². The van der Waals surface area contributed by atoms with Crippen LogP contribution in [-0.4, -0.2) is 29.0 Å². The van der Waals surface area contributed by atoms with E-state index in [1.54, 1.807) is 11.3 Å². The Kier molecular flexibility index (Phi) is 4.68. The van der Waals surface area contributed by atoms with E-state index in [1.807, 2.05) is 23.6 Å². The van der Waals surface area contributed by atoms with Gasteiger partial charge in [0.05, 0.1) is 6.42 Å². The molecule has 3 heterocycles. The Morgan fingerprint density at radius 1 is 1.41 bits per heavy atom. The smallest absolute Gasteiger partial charge is 0.230 e. The van der Waals surface area contributed by atoms with Gasteiger partial charge in [-0.3, -0.25) is 4.79 Å². The summed E-state index contributed by atoms with van der Waals surface area (Å²) >= 11 is 1.59. The van der Waals surface area contributed by atoms with Crippen molar-refractivity contribution in [2.24, 2.45) is 5.92 Å². The molecule has 1 saturated heterocycles.